The molecule has 0 aromatic carbocycles. The number of rotatable bonds is 7. The maximum atomic E-state index is 11.8. The number of amides is 1. The third-order valence-electron chi connectivity index (χ3n) is 2.57. The highest BCUT2D eigenvalue weighted by Crippen LogP contribution is 2.12. The average molecular weight is 255 g/mol. The van der Waals surface area contributed by atoms with Crippen molar-refractivity contribution in [1.82, 2.24) is 10.3 Å². The molecule has 1 rings (SSSR count). The first kappa shape index (κ1) is 14.7. The molecular formula is C12H21N3O3. The van der Waals surface area contributed by atoms with Gasteiger partial charge in [0.15, 0.2) is 0 Å². The normalized spacial score (nSPS) is 14.2. The van der Waals surface area contributed by atoms with Crippen molar-refractivity contribution < 1.29 is 13.9 Å². The number of carbonyl (C=O) groups excluding carboxylic acids is 1. The number of aromatic nitrogens is 1. The Labute approximate surface area is 107 Å². The highest BCUT2D eigenvalue weighted by atomic mass is 16.5. The topological polar surface area (TPSA) is 90.4 Å². The second-order valence-electron chi connectivity index (χ2n) is 4.28. The lowest BCUT2D eigenvalue weighted by Crippen LogP contribution is -2.41. The monoisotopic (exact) mass is 255 g/mol. The van der Waals surface area contributed by atoms with E-state index in [1.54, 1.807) is 13.3 Å². The van der Waals surface area contributed by atoms with Crippen molar-refractivity contribution in [2.45, 2.75) is 38.8 Å². The van der Waals surface area contributed by atoms with Gasteiger partial charge in [-0.05, 0) is 26.7 Å². The summed E-state index contributed by atoms with van der Waals surface area (Å²) >= 11 is 0. The van der Waals surface area contributed by atoms with Crippen LogP contribution < -0.4 is 11.1 Å². The fraction of sp³-hybridized carbons (Fsp3) is 0.667. The van der Waals surface area contributed by atoms with Crippen LogP contribution in [0.2, 0.25) is 0 Å². The number of methoxy groups -OCH3 is 1. The van der Waals surface area contributed by atoms with Gasteiger partial charge in [-0.3, -0.25) is 4.79 Å². The van der Waals surface area contributed by atoms with Gasteiger partial charge in [0.1, 0.15) is 11.8 Å². The molecule has 1 heterocycles. The number of hydrogen-bond donors (Lipinski definition) is 2. The molecule has 18 heavy (non-hydrogen) atoms. The first-order valence-corrected chi connectivity index (χ1v) is 6.01. The molecule has 0 bridgehead atoms. The minimum absolute atomic E-state index is 0.200. The van der Waals surface area contributed by atoms with Crippen LogP contribution in [0.1, 0.15) is 37.5 Å². The van der Waals surface area contributed by atoms with Gasteiger partial charge in [-0.2, -0.15) is 0 Å². The maximum Gasteiger partial charge on any atom is 0.237 e. The molecule has 2 atom stereocenters. The van der Waals surface area contributed by atoms with Gasteiger partial charge in [0.25, 0.3) is 0 Å². The number of nitrogens with zero attached hydrogens (tertiary/aromatic N) is 1. The Morgan fingerprint density at radius 1 is 1.67 bits per heavy atom. The van der Waals surface area contributed by atoms with Gasteiger partial charge in [-0.25, -0.2) is 4.98 Å². The summed E-state index contributed by atoms with van der Waals surface area (Å²) in [6.45, 7) is 4.22. The molecule has 1 amide bonds. The SMILES string of the molecule is COCCCC(N)C(=O)NC(C)c1ncc(C)o1. The third kappa shape index (κ3) is 4.46. The highest BCUT2D eigenvalue weighted by molar-refractivity contribution is 5.81. The van der Waals surface area contributed by atoms with Gasteiger partial charge in [-0.15, -0.1) is 0 Å². The first-order chi connectivity index (χ1) is 8.54. The van der Waals surface area contributed by atoms with E-state index in [-0.39, 0.29) is 11.9 Å². The highest BCUT2D eigenvalue weighted by Gasteiger charge is 2.18. The Kier molecular flexibility index (Phi) is 5.80. The quantitative estimate of drug-likeness (QED) is 0.707. The molecule has 0 aliphatic rings. The second kappa shape index (κ2) is 7.13. The smallest absolute Gasteiger partial charge is 0.237 e. The number of nitrogens with two attached hydrogens (primary N) is 1. The zero-order chi connectivity index (χ0) is 13.5. The zero-order valence-corrected chi connectivity index (χ0v) is 11.1. The van der Waals surface area contributed by atoms with Crippen molar-refractivity contribution in [3.8, 4) is 0 Å². The summed E-state index contributed by atoms with van der Waals surface area (Å²) in [7, 11) is 1.62. The number of hydrogen-bond acceptors (Lipinski definition) is 5. The standard InChI is InChI=1S/C12H21N3O3/c1-8-7-14-12(18-8)9(2)15-11(16)10(13)5-4-6-17-3/h7,9-10H,4-6,13H2,1-3H3,(H,15,16). The summed E-state index contributed by atoms with van der Waals surface area (Å²) in [4.78, 5) is 15.8. The number of carbonyl (C=O) groups is 1. The van der Waals surface area contributed by atoms with Crippen LogP contribution in [0.3, 0.4) is 0 Å². The Hall–Kier alpha value is -1.40. The maximum absolute atomic E-state index is 11.8. The molecule has 2 unspecified atom stereocenters. The van der Waals surface area contributed by atoms with Gasteiger partial charge in [0.2, 0.25) is 11.8 Å². The van der Waals surface area contributed by atoms with E-state index in [0.717, 1.165) is 12.2 Å². The van der Waals surface area contributed by atoms with Crippen LogP contribution in [-0.4, -0.2) is 30.6 Å². The van der Waals surface area contributed by atoms with E-state index in [1.165, 1.54) is 0 Å². The Balaban J connectivity index is 2.39. The van der Waals surface area contributed by atoms with Crippen LogP contribution >= 0.6 is 0 Å². The molecule has 6 heteroatoms. The molecule has 3 N–H and O–H groups in total. The summed E-state index contributed by atoms with van der Waals surface area (Å²) in [5.41, 5.74) is 5.77. The van der Waals surface area contributed by atoms with Gasteiger partial charge in [0, 0.05) is 13.7 Å². The fourth-order valence-corrected chi connectivity index (χ4v) is 1.53. The second-order valence-corrected chi connectivity index (χ2v) is 4.28. The van der Waals surface area contributed by atoms with Crippen LogP contribution in [-0.2, 0) is 9.53 Å². The van der Waals surface area contributed by atoms with Gasteiger partial charge in [-0.1, -0.05) is 0 Å². The Morgan fingerprint density at radius 2 is 2.39 bits per heavy atom. The van der Waals surface area contributed by atoms with E-state index in [2.05, 4.69) is 10.3 Å². The van der Waals surface area contributed by atoms with Crippen molar-refractivity contribution in [3.63, 3.8) is 0 Å². The van der Waals surface area contributed by atoms with Crippen molar-refractivity contribution in [2.75, 3.05) is 13.7 Å². The minimum atomic E-state index is -0.529. The lowest BCUT2D eigenvalue weighted by atomic mass is 10.1. The molecule has 0 saturated carbocycles. The molecule has 0 aliphatic heterocycles. The van der Waals surface area contributed by atoms with Crippen LogP contribution in [0.4, 0.5) is 0 Å². The molecule has 0 aliphatic carbocycles. The van der Waals surface area contributed by atoms with E-state index in [9.17, 15) is 4.79 Å². The molecule has 1 aromatic rings. The predicted octanol–water partition coefficient (Wildman–Crippen LogP) is 0.914. The number of ether oxygens (including phenoxy) is 1. The molecule has 0 spiro atoms. The summed E-state index contributed by atoms with van der Waals surface area (Å²) < 4.78 is 10.3. The van der Waals surface area contributed by atoms with Gasteiger partial charge < -0.3 is 20.2 Å². The predicted molar refractivity (Wildman–Crippen MR) is 66.9 cm³/mol. The summed E-state index contributed by atoms with van der Waals surface area (Å²) in [5.74, 6) is 1.01. The van der Waals surface area contributed by atoms with Crippen LogP contribution in [0, 0.1) is 6.92 Å². The summed E-state index contributed by atoms with van der Waals surface area (Å²) in [5, 5.41) is 2.78. The molecule has 0 saturated heterocycles. The lowest BCUT2D eigenvalue weighted by Gasteiger charge is -2.15. The van der Waals surface area contributed by atoms with E-state index >= 15 is 0 Å². The Morgan fingerprint density at radius 3 is 2.94 bits per heavy atom. The zero-order valence-electron chi connectivity index (χ0n) is 11.1. The first-order valence-electron chi connectivity index (χ1n) is 6.01. The van der Waals surface area contributed by atoms with E-state index in [4.69, 9.17) is 14.9 Å². The summed E-state index contributed by atoms with van der Waals surface area (Å²) in [6.07, 6.45) is 2.98. The van der Waals surface area contributed by atoms with Crippen LogP contribution in [0.5, 0.6) is 0 Å². The van der Waals surface area contributed by atoms with Gasteiger partial charge in [0.05, 0.1) is 12.2 Å². The molecule has 102 valence electrons. The molecule has 0 fully saturated rings. The third-order valence-corrected chi connectivity index (χ3v) is 2.57. The molecule has 1 aromatic heterocycles. The van der Waals surface area contributed by atoms with Crippen molar-refractivity contribution in [1.29, 1.82) is 0 Å². The Bertz CT molecular complexity index is 378. The summed E-state index contributed by atoms with van der Waals surface area (Å²) in [6, 6.07) is -0.807. The lowest BCUT2D eigenvalue weighted by molar-refractivity contribution is -0.123. The van der Waals surface area contributed by atoms with E-state index in [1.807, 2.05) is 13.8 Å². The van der Waals surface area contributed by atoms with E-state index in [0.29, 0.717) is 18.9 Å². The van der Waals surface area contributed by atoms with Crippen molar-refractivity contribution in [3.05, 3.63) is 17.8 Å². The fourth-order valence-electron chi connectivity index (χ4n) is 1.53. The van der Waals surface area contributed by atoms with E-state index < -0.39 is 6.04 Å². The van der Waals surface area contributed by atoms with Crippen LogP contribution in [0.15, 0.2) is 10.6 Å². The number of nitrogens with one attached hydrogen (secondary N) is 1. The largest absolute Gasteiger partial charge is 0.444 e. The average Bonchev–Trinajstić information content (AvgIpc) is 2.76. The van der Waals surface area contributed by atoms with Crippen molar-refractivity contribution >= 4 is 5.91 Å². The molecule has 0 radical (unpaired) electrons. The number of oxazole rings is 1. The minimum Gasteiger partial charge on any atom is -0.444 e. The number of aryl methyl sites for hydroxylation is 1. The molecule has 6 nitrogen and oxygen atoms in total. The molecular weight excluding hydrogens is 234 g/mol. The van der Waals surface area contributed by atoms with Crippen LogP contribution in [0.25, 0.3) is 0 Å². The van der Waals surface area contributed by atoms with Gasteiger partial charge >= 0.3 is 0 Å². The van der Waals surface area contributed by atoms with Crippen molar-refractivity contribution in [2.24, 2.45) is 5.73 Å².